The number of likely N-dealkylation sites (N-methyl/N-ethyl adjacent to an activating group) is 1. The Balaban J connectivity index is 2.13. The lowest BCUT2D eigenvalue weighted by Gasteiger charge is -2.27. The molecule has 1 N–H and O–H groups in total. The van der Waals surface area contributed by atoms with Gasteiger partial charge in [0.2, 0.25) is 0 Å². The Morgan fingerprint density at radius 1 is 1.24 bits per heavy atom. The summed E-state index contributed by atoms with van der Waals surface area (Å²) >= 11 is 5.96. The topological polar surface area (TPSA) is 47.3 Å². The van der Waals surface area contributed by atoms with Gasteiger partial charge in [-0.25, -0.2) is 0 Å². The highest BCUT2D eigenvalue weighted by Crippen LogP contribution is 2.49. The number of nitrogens with zero attached hydrogens (tertiary/aromatic N) is 2. The first-order valence-corrected chi connectivity index (χ1v) is 7.28. The number of phenolic OH excluding ortho intramolecular Hbond substituents is 1. The molecule has 0 saturated carbocycles. The Bertz CT molecular complexity index is 706. The lowest BCUT2D eigenvalue weighted by Crippen LogP contribution is -2.26. The third-order valence-corrected chi connectivity index (χ3v) is 4.25. The van der Waals surface area contributed by atoms with E-state index in [0.29, 0.717) is 5.02 Å². The van der Waals surface area contributed by atoms with Gasteiger partial charge in [-0.15, -0.1) is 0 Å². The van der Waals surface area contributed by atoms with Crippen molar-refractivity contribution in [3.8, 4) is 11.8 Å². The molecular formula is C17H15ClN2O. The first-order chi connectivity index (χ1) is 10.2. The average Bonchev–Trinajstić information content (AvgIpc) is 2.80. The zero-order chi connectivity index (χ0) is 15.0. The third-order valence-electron chi connectivity index (χ3n) is 4.00. The second kappa shape index (κ2) is 5.31. The van der Waals surface area contributed by atoms with Crippen LogP contribution in [0.4, 0.5) is 5.69 Å². The predicted octanol–water partition coefficient (Wildman–Crippen LogP) is 4.23. The van der Waals surface area contributed by atoms with Crippen molar-refractivity contribution in [2.45, 2.75) is 18.9 Å². The maximum absolute atomic E-state index is 9.73. The number of benzene rings is 2. The number of rotatable bonds is 2. The van der Waals surface area contributed by atoms with Gasteiger partial charge in [0.1, 0.15) is 5.75 Å². The standard InChI is InChI=1S/C17H15ClN2O/c1-2-20-16-9-13(21)7-8-14(16)15(10-19)17(20)11-3-5-12(18)6-4-11/h3-9,15,17,21H,2H2,1H3. The monoisotopic (exact) mass is 298 g/mol. The van der Waals surface area contributed by atoms with Crippen LogP contribution in [0, 0.1) is 11.3 Å². The zero-order valence-electron chi connectivity index (χ0n) is 11.6. The number of halogens is 1. The Morgan fingerprint density at radius 3 is 2.57 bits per heavy atom. The average molecular weight is 299 g/mol. The summed E-state index contributed by atoms with van der Waals surface area (Å²) in [5.41, 5.74) is 2.96. The molecule has 4 heteroatoms. The summed E-state index contributed by atoms with van der Waals surface area (Å²) in [6.45, 7) is 2.82. The maximum atomic E-state index is 9.73. The molecule has 106 valence electrons. The molecule has 2 aromatic carbocycles. The van der Waals surface area contributed by atoms with Crippen LogP contribution in [0.15, 0.2) is 42.5 Å². The largest absolute Gasteiger partial charge is 0.508 e. The van der Waals surface area contributed by atoms with Crippen molar-refractivity contribution in [1.29, 1.82) is 5.26 Å². The fraction of sp³-hybridized carbons (Fsp3) is 0.235. The third kappa shape index (κ3) is 2.22. The van der Waals surface area contributed by atoms with Gasteiger partial charge < -0.3 is 10.0 Å². The van der Waals surface area contributed by atoms with Crippen molar-refractivity contribution in [3.63, 3.8) is 0 Å². The van der Waals surface area contributed by atoms with E-state index in [1.807, 2.05) is 30.3 Å². The number of phenols is 1. The van der Waals surface area contributed by atoms with E-state index in [0.717, 1.165) is 23.4 Å². The molecule has 0 saturated heterocycles. The van der Waals surface area contributed by atoms with Crippen LogP contribution in [0.5, 0.6) is 5.75 Å². The summed E-state index contributed by atoms with van der Waals surface area (Å²) in [6.07, 6.45) is 0. The quantitative estimate of drug-likeness (QED) is 0.902. The normalized spacial score (nSPS) is 20.1. The van der Waals surface area contributed by atoms with Gasteiger partial charge in [-0.1, -0.05) is 29.8 Å². The summed E-state index contributed by atoms with van der Waals surface area (Å²) in [5, 5.41) is 20.0. The van der Waals surface area contributed by atoms with E-state index in [9.17, 15) is 10.4 Å². The molecule has 2 atom stereocenters. The van der Waals surface area contributed by atoms with Crippen molar-refractivity contribution in [1.82, 2.24) is 0 Å². The fourth-order valence-corrected chi connectivity index (χ4v) is 3.21. The molecule has 0 aromatic heterocycles. The van der Waals surface area contributed by atoms with Crippen molar-refractivity contribution >= 4 is 17.3 Å². The highest BCUT2D eigenvalue weighted by atomic mass is 35.5. The maximum Gasteiger partial charge on any atom is 0.117 e. The fourth-order valence-electron chi connectivity index (χ4n) is 3.08. The van der Waals surface area contributed by atoms with Crippen LogP contribution in [0.2, 0.25) is 5.02 Å². The Kier molecular flexibility index (Phi) is 3.48. The molecule has 0 aliphatic carbocycles. The zero-order valence-corrected chi connectivity index (χ0v) is 12.4. The molecule has 3 rings (SSSR count). The van der Waals surface area contributed by atoms with E-state index in [2.05, 4.69) is 17.9 Å². The van der Waals surface area contributed by atoms with Crippen molar-refractivity contribution in [2.24, 2.45) is 0 Å². The molecule has 21 heavy (non-hydrogen) atoms. The number of hydrogen-bond donors (Lipinski definition) is 1. The molecule has 1 aliphatic heterocycles. The molecule has 1 aliphatic rings. The summed E-state index contributed by atoms with van der Waals surface area (Å²) in [4.78, 5) is 2.16. The number of anilines is 1. The van der Waals surface area contributed by atoms with E-state index in [1.165, 1.54) is 0 Å². The van der Waals surface area contributed by atoms with Gasteiger partial charge in [0.05, 0.1) is 18.0 Å². The van der Waals surface area contributed by atoms with Gasteiger partial charge in [0.15, 0.2) is 0 Å². The van der Waals surface area contributed by atoms with E-state index in [-0.39, 0.29) is 17.7 Å². The molecule has 0 bridgehead atoms. The number of fused-ring (bicyclic) bond motifs is 1. The van der Waals surface area contributed by atoms with Crippen LogP contribution >= 0.6 is 11.6 Å². The van der Waals surface area contributed by atoms with Gasteiger partial charge in [0, 0.05) is 23.3 Å². The Labute approximate surface area is 129 Å². The number of nitriles is 1. The van der Waals surface area contributed by atoms with Crippen LogP contribution in [-0.2, 0) is 0 Å². The van der Waals surface area contributed by atoms with Gasteiger partial charge in [-0.2, -0.15) is 5.26 Å². The van der Waals surface area contributed by atoms with Crippen LogP contribution in [0.3, 0.4) is 0 Å². The lowest BCUT2D eigenvalue weighted by atomic mass is 9.91. The van der Waals surface area contributed by atoms with E-state index < -0.39 is 0 Å². The van der Waals surface area contributed by atoms with E-state index in [4.69, 9.17) is 11.6 Å². The predicted molar refractivity (Wildman–Crippen MR) is 83.7 cm³/mol. The number of aromatic hydroxyl groups is 1. The molecule has 0 radical (unpaired) electrons. The lowest BCUT2D eigenvalue weighted by molar-refractivity contribution is 0.475. The summed E-state index contributed by atoms with van der Waals surface area (Å²) in [5.74, 6) is -0.0256. The van der Waals surface area contributed by atoms with Gasteiger partial charge in [-0.3, -0.25) is 0 Å². The summed E-state index contributed by atoms with van der Waals surface area (Å²) in [6, 6.07) is 15.2. The van der Waals surface area contributed by atoms with Gasteiger partial charge >= 0.3 is 0 Å². The van der Waals surface area contributed by atoms with Crippen molar-refractivity contribution in [3.05, 3.63) is 58.6 Å². The second-order valence-electron chi connectivity index (χ2n) is 5.13. The molecule has 0 spiro atoms. The van der Waals surface area contributed by atoms with Crippen LogP contribution < -0.4 is 4.90 Å². The molecule has 0 amide bonds. The van der Waals surface area contributed by atoms with Crippen molar-refractivity contribution < 1.29 is 5.11 Å². The molecule has 2 unspecified atom stereocenters. The van der Waals surface area contributed by atoms with Crippen LogP contribution in [0.1, 0.15) is 30.0 Å². The molecule has 1 heterocycles. The minimum absolute atomic E-state index is 0.0472. The highest BCUT2D eigenvalue weighted by Gasteiger charge is 2.39. The molecule has 0 fully saturated rings. The first kappa shape index (κ1) is 13.8. The molecule has 2 aromatic rings. The SMILES string of the molecule is CCN1c2cc(O)ccc2C(C#N)C1c1ccc(Cl)cc1. The summed E-state index contributed by atoms with van der Waals surface area (Å²) < 4.78 is 0. The highest BCUT2D eigenvalue weighted by molar-refractivity contribution is 6.30. The van der Waals surface area contributed by atoms with Crippen LogP contribution in [-0.4, -0.2) is 11.7 Å². The first-order valence-electron chi connectivity index (χ1n) is 6.90. The Hall–Kier alpha value is -2.18. The van der Waals surface area contributed by atoms with Crippen LogP contribution in [0.25, 0.3) is 0 Å². The van der Waals surface area contributed by atoms with E-state index in [1.54, 1.807) is 12.1 Å². The summed E-state index contributed by atoms with van der Waals surface area (Å²) in [7, 11) is 0. The van der Waals surface area contributed by atoms with Gasteiger partial charge in [-0.05, 0) is 36.2 Å². The van der Waals surface area contributed by atoms with E-state index >= 15 is 0 Å². The van der Waals surface area contributed by atoms with Gasteiger partial charge in [0.25, 0.3) is 0 Å². The number of hydrogen-bond acceptors (Lipinski definition) is 3. The van der Waals surface area contributed by atoms with Crippen molar-refractivity contribution in [2.75, 3.05) is 11.4 Å². The molecular weight excluding hydrogens is 284 g/mol. The smallest absolute Gasteiger partial charge is 0.117 e. The minimum Gasteiger partial charge on any atom is -0.508 e. The Morgan fingerprint density at radius 2 is 1.95 bits per heavy atom. The second-order valence-corrected chi connectivity index (χ2v) is 5.57. The minimum atomic E-state index is -0.248. The molecule has 3 nitrogen and oxygen atoms in total.